The second kappa shape index (κ2) is 30.6. The van der Waals surface area contributed by atoms with Gasteiger partial charge in [-0.3, -0.25) is 0 Å². The van der Waals surface area contributed by atoms with E-state index in [1.165, 1.54) is 202 Å². The first-order valence-corrected chi connectivity index (χ1v) is 44.1. The number of para-hydroxylation sites is 3. The second-order valence-corrected chi connectivity index (χ2v) is 33.8. The average molecular weight is 1620 g/mol. The summed E-state index contributed by atoms with van der Waals surface area (Å²) in [6.45, 7) is 0. The summed E-state index contributed by atoms with van der Waals surface area (Å²) in [4.78, 5) is 0. The lowest BCUT2D eigenvalue weighted by atomic mass is 9.86. The van der Waals surface area contributed by atoms with Gasteiger partial charge in [0.1, 0.15) is 22.3 Å². The van der Waals surface area contributed by atoms with Gasteiger partial charge in [0.25, 0.3) is 0 Å². The van der Waals surface area contributed by atoms with Crippen molar-refractivity contribution in [1.29, 1.82) is 0 Å². The predicted octanol–water partition coefficient (Wildman–Crippen LogP) is 36.0. The summed E-state index contributed by atoms with van der Waals surface area (Å²) in [6.07, 6.45) is 0. The van der Waals surface area contributed by atoms with Gasteiger partial charge in [-0.05, 0) is 279 Å². The highest BCUT2D eigenvalue weighted by atomic mass is 16.3. The molecule has 2 heterocycles. The molecule has 0 N–H and O–H groups in total. The fourth-order valence-corrected chi connectivity index (χ4v) is 20.8. The number of fused-ring (bicyclic) bond motifs is 30. The molecule has 0 radical (unpaired) electrons. The number of hydrogen-bond donors (Lipinski definition) is 0. The Morgan fingerprint density at radius 3 is 0.750 bits per heavy atom. The van der Waals surface area contributed by atoms with Crippen LogP contribution in [0.25, 0.3) is 262 Å². The number of furan rings is 2. The van der Waals surface area contributed by atoms with Gasteiger partial charge in [0, 0.05) is 27.1 Å². The van der Waals surface area contributed by atoms with E-state index < -0.39 is 0 Å². The highest BCUT2D eigenvalue weighted by molar-refractivity contribution is 6.33. The first kappa shape index (κ1) is 73.9. The van der Waals surface area contributed by atoms with E-state index >= 15 is 0 Å². The Bertz CT molecular complexity index is 9120. The Balaban J connectivity index is 0.000000107. The lowest BCUT2D eigenvalue weighted by molar-refractivity contribution is 0.669. The van der Waals surface area contributed by atoms with E-state index in [1.807, 2.05) is 18.2 Å². The Morgan fingerprint density at radius 2 is 0.344 bits per heavy atom. The molecule has 0 atom stereocenters. The molecule has 0 unspecified atom stereocenters. The minimum Gasteiger partial charge on any atom is -0.456 e. The molecular weight excluding hydrogens is 1550 g/mol. The van der Waals surface area contributed by atoms with Crippen LogP contribution in [-0.2, 0) is 0 Å². The number of hydrogen-bond acceptors (Lipinski definition) is 2. The Hall–Kier alpha value is -16.8. The van der Waals surface area contributed by atoms with Gasteiger partial charge in [-0.15, -0.1) is 0 Å². The monoisotopic (exact) mass is 1620 g/mol. The van der Waals surface area contributed by atoms with Crippen LogP contribution in [-0.4, -0.2) is 0 Å². The molecule has 0 fully saturated rings. The lowest BCUT2D eigenvalue weighted by Gasteiger charge is -2.17. The third-order valence-electron chi connectivity index (χ3n) is 26.7. The number of benzene rings is 25. The third kappa shape index (κ3) is 12.4. The Labute approximate surface area is 739 Å². The molecule has 25 aromatic carbocycles. The van der Waals surface area contributed by atoms with Crippen molar-refractivity contribution in [2.45, 2.75) is 0 Å². The molecule has 0 aliphatic heterocycles. The SMILES string of the molecule is c1ccc(-c2cc(-c3ccc(-c4ccc(-c5ccc6c7ccccc7c7ccccc7c6c5)cc4)cc3)cc3c4ccccc4c4ccccc4c23)cc1.c1ccc(-c2cc(-c3ccc4c(c3)oc3ccccc34)cc3c4ccccc4c4ccccc4c23)cc1.c1ccc(-c2cc(-c3cccc4c3oc3ccccc34)cc3c4ccccc4c4ccccc4c23)cc1. The van der Waals surface area contributed by atoms with E-state index in [1.54, 1.807) is 0 Å². The second-order valence-electron chi connectivity index (χ2n) is 33.8. The molecular formula is C126H78O2. The zero-order chi connectivity index (χ0) is 84.3. The first-order valence-electron chi connectivity index (χ1n) is 44.1. The van der Waals surface area contributed by atoms with E-state index in [0.29, 0.717) is 0 Å². The fraction of sp³-hybridized carbons (Fsp3) is 0. The van der Waals surface area contributed by atoms with Gasteiger partial charge in [-0.2, -0.15) is 0 Å². The third-order valence-corrected chi connectivity index (χ3v) is 26.7. The van der Waals surface area contributed by atoms with Crippen molar-refractivity contribution in [3.63, 3.8) is 0 Å². The molecule has 0 aliphatic rings. The Morgan fingerprint density at radius 1 is 0.102 bits per heavy atom. The highest BCUT2D eigenvalue weighted by Gasteiger charge is 2.23. The van der Waals surface area contributed by atoms with Crippen molar-refractivity contribution in [2.24, 2.45) is 0 Å². The molecule has 2 nitrogen and oxygen atoms in total. The van der Waals surface area contributed by atoms with Crippen molar-refractivity contribution in [2.75, 3.05) is 0 Å². The molecule has 0 bridgehead atoms. The van der Waals surface area contributed by atoms with E-state index in [0.717, 1.165) is 60.6 Å². The summed E-state index contributed by atoms with van der Waals surface area (Å²) < 4.78 is 12.7. The van der Waals surface area contributed by atoms with Crippen LogP contribution in [0, 0.1) is 0 Å². The van der Waals surface area contributed by atoms with Gasteiger partial charge in [0.15, 0.2) is 0 Å². The van der Waals surface area contributed by atoms with Crippen LogP contribution >= 0.6 is 0 Å². The van der Waals surface area contributed by atoms with Crippen LogP contribution in [0.2, 0.25) is 0 Å². The molecule has 128 heavy (non-hydrogen) atoms. The summed E-state index contributed by atoms with van der Waals surface area (Å²) in [6, 6.07) is 172. The minimum atomic E-state index is 0.920. The van der Waals surface area contributed by atoms with E-state index in [9.17, 15) is 0 Å². The van der Waals surface area contributed by atoms with Crippen molar-refractivity contribution >= 4 is 173 Å². The Kier molecular flexibility index (Phi) is 17.7. The maximum atomic E-state index is 6.45. The predicted molar refractivity (Wildman–Crippen MR) is 547 cm³/mol. The molecule has 2 heteroatoms. The number of rotatable bonds is 8. The van der Waals surface area contributed by atoms with Crippen LogP contribution in [0.5, 0.6) is 0 Å². The van der Waals surface area contributed by atoms with E-state index in [2.05, 4.69) is 455 Å². The van der Waals surface area contributed by atoms with Crippen LogP contribution in [0.3, 0.4) is 0 Å². The fourth-order valence-electron chi connectivity index (χ4n) is 20.8. The van der Waals surface area contributed by atoms with Crippen molar-refractivity contribution in [3.05, 3.63) is 473 Å². The zero-order valence-electron chi connectivity index (χ0n) is 69.8. The average Bonchev–Trinajstić information content (AvgIpc) is 0.961. The molecule has 27 rings (SSSR count). The molecule has 2 aromatic heterocycles. The maximum absolute atomic E-state index is 6.45. The summed E-state index contributed by atoms with van der Waals surface area (Å²) in [5.41, 5.74) is 23.1. The van der Waals surface area contributed by atoms with Gasteiger partial charge in [0.05, 0.1) is 0 Å². The van der Waals surface area contributed by atoms with Crippen molar-refractivity contribution in [3.8, 4) is 89.0 Å². The van der Waals surface area contributed by atoms with Crippen molar-refractivity contribution < 1.29 is 8.83 Å². The topological polar surface area (TPSA) is 26.3 Å². The first-order chi connectivity index (χ1) is 63.5. The molecule has 0 saturated carbocycles. The molecule has 27 aromatic rings. The molecule has 0 amide bonds. The highest BCUT2D eigenvalue weighted by Crippen LogP contribution is 2.50. The molecule has 0 spiro atoms. The van der Waals surface area contributed by atoms with Crippen LogP contribution in [0.4, 0.5) is 0 Å². The minimum absolute atomic E-state index is 0.920. The molecule has 0 saturated heterocycles. The zero-order valence-corrected chi connectivity index (χ0v) is 69.8. The van der Waals surface area contributed by atoms with Crippen LogP contribution in [0.15, 0.2) is 482 Å². The van der Waals surface area contributed by atoms with E-state index in [-0.39, 0.29) is 0 Å². The summed E-state index contributed by atoms with van der Waals surface area (Å²) >= 11 is 0. The standard InChI is InChI=1S/C54H34.2C36H22O/c1-2-12-39(13-3-1)51-33-41(34-53-48-20-9-7-17-45(48)46-18-10-11-21-50(46)54(51)53)38-28-24-36(25-29-38)35-22-26-37(27-23-35)40-30-31-49-44-16-5-4-14-42(44)43-15-6-8-19-47(43)52(49)32-40;1-2-11-23(12-3-1)32-21-24(25-18-10-19-31-29-16-8-9-20-34(29)37-36(25)31)22-33-28-15-5-4-13-26(28)27-14-6-7-17-30(27)35(32)33;1-2-10-23(11-3-1)32-20-25(24-18-19-30-29-15-8-9-17-34(29)37-35(30)22-24)21-33-28-14-5-4-12-26(28)27-13-6-7-16-31(27)36(32)33/h1-34H;2*1-22H. The van der Waals surface area contributed by atoms with Gasteiger partial charge < -0.3 is 8.83 Å². The molecule has 594 valence electrons. The largest absolute Gasteiger partial charge is 0.456 e. The summed E-state index contributed by atoms with van der Waals surface area (Å²) in [5, 5.41) is 35.6. The summed E-state index contributed by atoms with van der Waals surface area (Å²) in [7, 11) is 0. The quantitative estimate of drug-likeness (QED) is 0.142. The lowest BCUT2D eigenvalue weighted by Crippen LogP contribution is -1.90. The maximum Gasteiger partial charge on any atom is 0.143 e. The van der Waals surface area contributed by atoms with Gasteiger partial charge in [-0.1, -0.05) is 406 Å². The van der Waals surface area contributed by atoms with Gasteiger partial charge in [0.2, 0.25) is 0 Å². The normalized spacial score (nSPS) is 11.8. The van der Waals surface area contributed by atoms with Gasteiger partial charge in [-0.25, -0.2) is 0 Å². The summed E-state index contributed by atoms with van der Waals surface area (Å²) in [5.74, 6) is 0. The van der Waals surface area contributed by atoms with Crippen molar-refractivity contribution in [1.82, 2.24) is 0 Å². The van der Waals surface area contributed by atoms with Crippen LogP contribution < -0.4 is 0 Å². The van der Waals surface area contributed by atoms with E-state index in [4.69, 9.17) is 8.83 Å². The van der Waals surface area contributed by atoms with Crippen LogP contribution in [0.1, 0.15) is 0 Å². The molecule has 0 aliphatic carbocycles. The van der Waals surface area contributed by atoms with Gasteiger partial charge >= 0.3 is 0 Å². The smallest absolute Gasteiger partial charge is 0.143 e.